The van der Waals surface area contributed by atoms with Crippen LogP contribution < -0.4 is 5.73 Å². The minimum atomic E-state index is -0.327. The Morgan fingerprint density at radius 1 is 1.58 bits per heavy atom. The molecule has 0 spiro atoms. The molecule has 1 nitrogen and oxygen atoms in total. The van der Waals surface area contributed by atoms with Crippen LogP contribution in [0.25, 0.3) is 0 Å². The van der Waals surface area contributed by atoms with Crippen LogP contribution in [0.3, 0.4) is 0 Å². The van der Waals surface area contributed by atoms with Crippen LogP contribution in [0.1, 0.15) is 5.56 Å². The van der Waals surface area contributed by atoms with Gasteiger partial charge in [-0.2, -0.15) is 0 Å². The van der Waals surface area contributed by atoms with E-state index in [1.165, 1.54) is 12.1 Å². The summed E-state index contributed by atoms with van der Waals surface area (Å²) < 4.78 is 12.6. The van der Waals surface area contributed by atoms with Gasteiger partial charge in [-0.25, -0.2) is 4.39 Å². The van der Waals surface area contributed by atoms with Gasteiger partial charge in [0.1, 0.15) is 5.82 Å². The summed E-state index contributed by atoms with van der Waals surface area (Å²) in [6, 6.07) is 5.96. The quantitative estimate of drug-likeness (QED) is 0.654. The van der Waals surface area contributed by atoms with Gasteiger partial charge >= 0.3 is 0 Å². The van der Waals surface area contributed by atoms with E-state index >= 15 is 0 Å². The third-order valence-corrected chi connectivity index (χ3v) is 1.56. The van der Waals surface area contributed by atoms with E-state index in [1.54, 1.807) is 12.1 Å². The van der Waals surface area contributed by atoms with Crippen molar-refractivity contribution >= 4 is 0 Å². The fourth-order valence-corrected chi connectivity index (χ4v) is 0.977. The molecule has 0 unspecified atom stereocenters. The molecule has 0 radical (unpaired) electrons. The minimum Gasteiger partial charge on any atom is -0.317 e. The van der Waals surface area contributed by atoms with Crippen molar-refractivity contribution in [2.24, 2.45) is 5.73 Å². The van der Waals surface area contributed by atoms with Crippen molar-refractivity contribution in [2.45, 2.75) is 12.5 Å². The maximum atomic E-state index is 12.6. The Morgan fingerprint density at radius 2 is 2.33 bits per heavy atom. The van der Waals surface area contributed by atoms with E-state index in [2.05, 4.69) is 5.92 Å². The Hall–Kier alpha value is -1.33. The smallest absolute Gasteiger partial charge is 0.123 e. The lowest BCUT2D eigenvalue weighted by Crippen LogP contribution is -2.20. The van der Waals surface area contributed by atoms with E-state index in [9.17, 15) is 4.39 Å². The summed E-state index contributed by atoms with van der Waals surface area (Å²) >= 11 is 0. The van der Waals surface area contributed by atoms with Crippen LogP contribution in [-0.4, -0.2) is 6.04 Å². The predicted octanol–water partition coefficient (Wildman–Crippen LogP) is 1.33. The molecule has 1 aromatic rings. The Kier molecular flexibility index (Phi) is 2.84. The monoisotopic (exact) mass is 163 g/mol. The highest BCUT2D eigenvalue weighted by Crippen LogP contribution is 2.04. The van der Waals surface area contributed by atoms with Crippen molar-refractivity contribution in [3.05, 3.63) is 35.6 Å². The molecule has 0 fully saturated rings. The highest BCUT2D eigenvalue weighted by molar-refractivity contribution is 5.19. The van der Waals surface area contributed by atoms with Gasteiger partial charge in [0.25, 0.3) is 0 Å². The normalized spacial score (nSPS) is 12.1. The Balaban J connectivity index is 2.71. The van der Waals surface area contributed by atoms with E-state index in [4.69, 9.17) is 12.2 Å². The van der Waals surface area contributed by atoms with Gasteiger partial charge in [0, 0.05) is 0 Å². The highest BCUT2D eigenvalue weighted by Gasteiger charge is 2.00. The average Bonchev–Trinajstić information content (AvgIpc) is 2.04. The summed E-state index contributed by atoms with van der Waals surface area (Å²) in [5.41, 5.74) is 6.33. The van der Waals surface area contributed by atoms with Crippen molar-refractivity contribution in [3.63, 3.8) is 0 Å². The summed E-state index contributed by atoms with van der Waals surface area (Å²) in [5, 5.41) is 0. The number of hydrogen-bond acceptors (Lipinski definition) is 1. The summed E-state index contributed by atoms with van der Waals surface area (Å²) in [6.07, 6.45) is 5.61. The van der Waals surface area contributed by atoms with Crippen LogP contribution in [0, 0.1) is 18.2 Å². The molecule has 0 aliphatic rings. The molecule has 0 heterocycles. The molecule has 0 aromatic heterocycles. The summed E-state index contributed by atoms with van der Waals surface area (Å²) in [4.78, 5) is 0. The maximum absolute atomic E-state index is 12.6. The first kappa shape index (κ1) is 8.76. The van der Waals surface area contributed by atoms with E-state index in [-0.39, 0.29) is 11.9 Å². The van der Waals surface area contributed by atoms with E-state index < -0.39 is 0 Å². The van der Waals surface area contributed by atoms with Gasteiger partial charge in [-0.1, -0.05) is 18.1 Å². The zero-order valence-electron chi connectivity index (χ0n) is 6.63. The second kappa shape index (κ2) is 3.89. The molecule has 12 heavy (non-hydrogen) atoms. The Morgan fingerprint density at radius 3 is 2.92 bits per heavy atom. The fraction of sp³-hybridized carbons (Fsp3) is 0.200. The molecular weight excluding hydrogens is 153 g/mol. The van der Waals surface area contributed by atoms with Crippen molar-refractivity contribution < 1.29 is 4.39 Å². The lowest BCUT2D eigenvalue weighted by Gasteiger charge is -2.03. The van der Waals surface area contributed by atoms with E-state index in [0.717, 1.165) is 5.56 Å². The third kappa shape index (κ3) is 2.37. The number of halogens is 1. The van der Waals surface area contributed by atoms with Gasteiger partial charge in [0.15, 0.2) is 0 Å². The predicted molar refractivity (Wildman–Crippen MR) is 46.9 cm³/mol. The summed E-state index contributed by atoms with van der Waals surface area (Å²) in [6.45, 7) is 0. The van der Waals surface area contributed by atoms with Crippen LogP contribution in [0.15, 0.2) is 24.3 Å². The maximum Gasteiger partial charge on any atom is 0.123 e. The lowest BCUT2D eigenvalue weighted by atomic mass is 10.1. The highest BCUT2D eigenvalue weighted by atomic mass is 19.1. The summed E-state index contributed by atoms with van der Waals surface area (Å²) in [5.74, 6) is 2.14. The number of terminal acetylenes is 1. The molecule has 0 saturated carbocycles. The largest absolute Gasteiger partial charge is 0.317 e. The molecule has 0 bridgehead atoms. The molecule has 1 aromatic carbocycles. The lowest BCUT2D eigenvalue weighted by molar-refractivity contribution is 0.624. The molecule has 0 saturated heterocycles. The minimum absolute atomic E-state index is 0.253. The second-order valence-electron chi connectivity index (χ2n) is 2.61. The first-order valence-corrected chi connectivity index (χ1v) is 3.68. The van der Waals surface area contributed by atoms with E-state index in [0.29, 0.717) is 6.42 Å². The van der Waals surface area contributed by atoms with Crippen molar-refractivity contribution in [2.75, 3.05) is 0 Å². The molecule has 1 rings (SSSR count). The van der Waals surface area contributed by atoms with Crippen LogP contribution >= 0.6 is 0 Å². The molecule has 2 N–H and O–H groups in total. The number of rotatable bonds is 2. The van der Waals surface area contributed by atoms with Gasteiger partial charge < -0.3 is 5.73 Å². The average molecular weight is 163 g/mol. The molecule has 62 valence electrons. The van der Waals surface area contributed by atoms with Crippen molar-refractivity contribution in [1.82, 2.24) is 0 Å². The van der Waals surface area contributed by atoms with Gasteiger partial charge in [0.05, 0.1) is 6.04 Å². The van der Waals surface area contributed by atoms with Crippen LogP contribution in [0.4, 0.5) is 4.39 Å². The number of hydrogen-bond donors (Lipinski definition) is 1. The first-order valence-electron chi connectivity index (χ1n) is 3.68. The van der Waals surface area contributed by atoms with E-state index in [1.807, 2.05) is 0 Å². The first-order chi connectivity index (χ1) is 5.72. The van der Waals surface area contributed by atoms with Gasteiger partial charge in [-0.15, -0.1) is 6.42 Å². The fourth-order valence-electron chi connectivity index (χ4n) is 0.977. The van der Waals surface area contributed by atoms with Crippen LogP contribution in [-0.2, 0) is 6.42 Å². The van der Waals surface area contributed by atoms with Gasteiger partial charge in [-0.05, 0) is 24.1 Å². The SMILES string of the molecule is C#C[C@@H](N)Cc1cccc(F)c1. The summed E-state index contributed by atoms with van der Waals surface area (Å²) in [7, 11) is 0. The molecule has 0 aliphatic heterocycles. The Bertz CT molecular complexity index is 301. The van der Waals surface area contributed by atoms with Gasteiger partial charge in [-0.3, -0.25) is 0 Å². The van der Waals surface area contributed by atoms with Crippen molar-refractivity contribution in [3.8, 4) is 12.3 Å². The molecular formula is C10H10FN. The molecule has 1 atom stereocenters. The number of benzene rings is 1. The number of nitrogens with two attached hydrogens (primary N) is 1. The van der Waals surface area contributed by atoms with Gasteiger partial charge in [0.2, 0.25) is 0 Å². The standard InChI is InChI=1S/C10H10FN/c1-2-10(12)7-8-4-3-5-9(11)6-8/h1,3-6,10H,7,12H2/t10-/m1/s1. The third-order valence-electron chi connectivity index (χ3n) is 1.56. The Labute approximate surface area is 71.4 Å². The zero-order valence-corrected chi connectivity index (χ0v) is 6.63. The molecule has 0 aliphatic carbocycles. The molecule has 0 amide bonds. The zero-order chi connectivity index (χ0) is 8.97. The van der Waals surface area contributed by atoms with Crippen LogP contribution in [0.5, 0.6) is 0 Å². The topological polar surface area (TPSA) is 26.0 Å². The molecule has 2 heteroatoms. The van der Waals surface area contributed by atoms with Crippen LogP contribution in [0.2, 0.25) is 0 Å². The second-order valence-corrected chi connectivity index (χ2v) is 2.61. The van der Waals surface area contributed by atoms with Crippen molar-refractivity contribution in [1.29, 1.82) is 0 Å².